The average molecular weight is 391 g/mol. The lowest BCUT2D eigenvalue weighted by molar-refractivity contribution is -0.141. The van der Waals surface area contributed by atoms with E-state index in [1.54, 1.807) is 24.5 Å². The third-order valence-electron chi connectivity index (χ3n) is 5.36. The molecule has 0 fully saturated rings. The number of hydrogen-bond donors (Lipinski definition) is 1. The van der Waals surface area contributed by atoms with Crippen molar-refractivity contribution in [3.63, 3.8) is 0 Å². The highest BCUT2D eigenvalue weighted by atomic mass is 16.5. The van der Waals surface area contributed by atoms with Gasteiger partial charge in [-0.2, -0.15) is 0 Å². The van der Waals surface area contributed by atoms with Gasteiger partial charge in [0.15, 0.2) is 12.4 Å². The number of hydrogen-bond acceptors (Lipinski definition) is 5. The number of ketones is 1. The van der Waals surface area contributed by atoms with E-state index in [-0.39, 0.29) is 24.7 Å². The predicted molar refractivity (Wildman–Crippen MR) is 108 cm³/mol. The number of benzene rings is 2. The summed E-state index contributed by atoms with van der Waals surface area (Å²) in [6.45, 7) is 3.66. The van der Waals surface area contributed by atoms with Crippen LogP contribution in [0.3, 0.4) is 0 Å². The molecule has 2 aromatic carbocycles. The Morgan fingerprint density at radius 1 is 1.14 bits per heavy atom. The zero-order valence-corrected chi connectivity index (χ0v) is 16.3. The van der Waals surface area contributed by atoms with Crippen molar-refractivity contribution in [2.75, 3.05) is 11.9 Å². The Hall–Kier alpha value is -3.41. The molecule has 1 aliphatic heterocycles. The van der Waals surface area contributed by atoms with Gasteiger partial charge in [-0.05, 0) is 55.2 Å². The van der Waals surface area contributed by atoms with E-state index in [0.717, 1.165) is 38.9 Å². The van der Waals surface area contributed by atoms with Gasteiger partial charge in [0.25, 0.3) is 0 Å². The summed E-state index contributed by atoms with van der Waals surface area (Å²) >= 11 is 0. The van der Waals surface area contributed by atoms with E-state index in [2.05, 4.69) is 5.32 Å². The second-order valence-electron chi connectivity index (χ2n) is 7.33. The number of esters is 1. The molecule has 6 nitrogen and oxygen atoms in total. The maximum atomic E-state index is 12.4. The van der Waals surface area contributed by atoms with E-state index >= 15 is 0 Å². The summed E-state index contributed by atoms with van der Waals surface area (Å²) in [4.78, 5) is 36.1. The maximum Gasteiger partial charge on any atom is 0.310 e. The Bertz CT molecular complexity index is 1140. The summed E-state index contributed by atoms with van der Waals surface area (Å²) < 4.78 is 10.8. The Kier molecular flexibility index (Phi) is 4.92. The van der Waals surface area contributed by atoms with Gasteiger partial charge in [0, 0.05) is 28.6 Å². The van der Waals surface area contributed by atoms with Crippen molar-refractivity contribution in [2.24, 2.45) is 0 Å². The van der Waals surface area contributed by atoms with E-state index in [1.807, 2.05) is 26.0 Å². The van der Waals surface area contributed by atoms with E-state index in [1.165, 1.54) is 0 Å². The molecule has 0 aliphatic carbocycles. The number of carbonyl (C=O) groups excluding carboxylic acids is 3. The van der Waals surface area contributed by atoms with Crippen LogP contribution in [0.2, 0.25) is 0 Å². The van der Waals surface area contributed by atoms with E-state index in [4.69, 9.17) is 9.15 Å². The molecule has 1 aliphatic rings. The third-order valence-corrected chi connectivity index (χ3v) is 5.36. The average Bonchev–Trinajstić information content (AvgIpc) is 3.11. The first-order valence-electron chi connectivity index (χ1n) is 9.50. The fourth-order valence-electron chi connectivity index (χ4n) is 3.52. The molecule has 2 heterocycles. The van der Waals surface area contributed by atoms with Crippen LogP contribution in [0.15, 0.2) is 41.0 Å². The lowest BCUT2D eigenvalue weighted by Gasteiger charge is -2.17. The molecular formula is C23H21NO5. The number of rotatable bonds is 5. The fourth-order valence-corrected chi connectivity index (χ4v) is 3.52. The summed E-state index contributed by atoms with van der Waals surface area (Å²) in [5, 5.41) is 3.66. The van der Waals surface area contributed by atoms with Crippen molar-refractivity contribution < 1.29 is 23.5 Å². The number of carbonyl (C=O) groups is 3. The van der Waals surface area contributed by atoms with Crippen LogP contribution in [0.1, 0.15) is 39.0 Å². The first-order chi connectivity index (χ1) is 13.9. The minimum Gasteiger partial charge on any atom is -0.464 e. The van der Waals surface area contributed by atoms with Crippen LogP contribution in [-0.2, 0) is 27.2 Å². The van der Waals surface area contributed by atoms with Gasteiger partial charge in [-0.15, -0.1) is 0 Å². The lowest BCUT2D eigenvalue weighted by Crippen LogP contribution is -2.20. The molecule has 1 aromatic heterocycles. The van der Waals surface area contributed by atoms with Crippen LogP contribution in [0.4, 0.5) is 5.69 Å². The molecule has 0 atom stereocenters. The van der Waals surface area contributed by atoms with Crippen LogP contribution in [-0.4, -0.2) is 24.3 Å². The molecule has 0 radical (unpaired) electrons. The zero-order valence-electron chi connectivity index (χ0n) is 16.3. The SMILES string of the molecule is Cc1ccc2c(CC(=O)OCC(=O)c3ccc4c(c3)CCC(=O)N4)coc2c1C. The largest absolute Gasteiger partial charge is 0.464 e. The standard InChI is InChI=1S/C23H21NO5/c1-13-3-6-18-17(11-29-23(18)14(13)2)10-22(27)28-12-20(25)16-4-7-19-15(9-16)5-8-21(26)24-19/h3-4,6-7,9,11H,5,8,10,12H2,1-2H3,(H,24,26). The highest BCUT2D eigenvalue weighted by molar-refractivity contribution is 6.00. The molecule has 0 unspecified atom stereocenters. The van der Waals surface area contributed by atoms with Crippen LogP contribution in [0.5, 0.6) is 0 Å². The van der Waals surface area contributed by atoms with Gasteiger partial charge in [0.05, 0.1) is 12.7 Å². The Morgan fingerprint density at radius 3 is 2.79 bits per heavy atom. The number of Topliss-reactive ketones (excluding diaryl/α,β-unsaturated/α-hetero) is 1. The summed E-state index contributed by atoms with van der Waals surface area (Å²) in [6.07, 6.45) is 2.60. The minimum atomic E-state index is -0.482. The molecule has 1 amide bonds. The van der Waals surface area contributed by atoms with Crippen molar-refractivity contribution >= 4 is 34.3 Å². The van der Waals surface area contributed by atoms with Crippen molar-refractivity contribution in [1.29, 1.82) is 0 Å². The van der Waals surface area contributed by atoms with E-state index in [9.17, 15) is 14.4 Å². The van der Waals surface area contributed by atoms with Crippen molar-refractivity contribution in [1.82, 2.24) is 0 Å². The van der Waals surface area contributed by atoms with Gasteiger partial charge >= 0.3 is 5.97 Å². The molecule has 3 aromatic rings. The highest BCUT2D eigenvalue weighted by Gasteiger charge is 2.18. The number of anilines is 1. The second kappa shape index (κ2) is 7.54. The number of furan rings is 1. The quantitative estimate of drug-likeness (QED) is 0.527. The minimum absolute atomic E-state index is 0.0253. The second-order valence-corrected chi connectivity index (χ2v) is 7.33. The molecular weight excluding hydrogens is 370 g/mol. The van der Waals surface area contributed by atoms with Crippen LogP contribution in [0.25, 0.3) is 11.0 Å². The fraction of sp³-hybridized carbons (Fsp3) is 0.261. The highest BCUT2D eigenvalue weighted by Crippen LogP contribution is 2.27. The monoisotopic (exact) mass is 391 g/mol. The molecule has 0 saturated carbocycles. The molecule has 0 saturated heterocycles. The Balaban J connectivity index is 1.39. The number of nitrogens with one attached hydrogen (secondary N) is 1. The summed E-state index contributed by atoms with van der Waals surface area (Å²) in [5.41, 5.74) is 5.78. The summed E-state index contributed by atoms with van der Waals surface area (Å²) in [5.74, 6) is -0.784. The van der Waals surface area contributed by atoms with E-state index in [0.29, 0.717) is 18.4 Å². The van der Waals surface area contributed by atoms with Crippen LogP contribution >= 0.6 is 0 Å². The number of ether oxygens (including phenoxy) is 1. The van der Waals surface area contributed by atoms with E-state index < -0.39 is 5.97 Å². The molecule has 4 rings (SSSR count). The molecule has 6 heteroatoms. The first kappa shape index (κ1) is 18.9. The smallest absolute Gasteiger partial charge is 0.310 e. The lowest BCUT2D eigenvalue weighted by atomic mass is 9.99. The van der Waals surface area contributed by atoms with Crippen LogP contribution < -0.4 is 5.32 Å². The Morgan fingerprint density at radius 2 is 1.97 bits per heavy atom. The third kappa shape index (κ3) is 3.78. The molecule has 0 bridgehead atoms. The molecule has 1 N–H and O–H groups in total. The maximum absolute atomic E-state index is 12.4. The number of aryl methyl sites for hydroxylation is 3. The Labute approximate surface area is 167 Å². The van der Waals surface area contributed by atoms with Gasteiger partial charge in [-0.1, -0.05) is 12.1 Å². The van der Waals surface area contributed by atoms with Crippen molar-refractivity contribution in [3.8, 4) is 0 Å². The van der Waals surface area contributed by atoms with Gasteiger partial charge in [0.2, 0.25) is 5.91 Å². The topological polar surface area (TPSA) is 85.6 Å². The summed E-state index contributed by atoms with van der Waals surface area (Å²) in [7, 11) is 0. The van der Waals surface area contributed by atoms with Gasteiger partial charge < -0.3 is 14.5 Å². The first-order valence-corrected chi connectivity index (χ1v) is 9.50. The predicted octanol–water partition coefficient (Wildman–Crippen LogP) is 3.90. The van der Waals surface area contributed by atoms with Crippen molar-refractivity contribution in [2.45, 2.75) is 33.1 Å². The zero-order chi connectivity index (χ0) is 20.5. The molecule has 0 spiro atoms. The van der Waals surface area contributed by atoms with Gasteiger partial charge in [-0.3, -0.25) is 14.4 Å². The number of fused-ring (bicyclic) bond motifs is 2. The van der Waals surface area contributed by atoms with Crippen LogP contribution in [0, 0.1) is 13.8 Å². The number of amides is 1. The summed E-state index contributed by atoms with van der Waals surface area (Å²) in [6, 6.07) is 9.02. The van der Waals surface area contributed by atoms with Crippen molar-refractivity contribution in [3.05, 3.63) is 64.4 Å². The normalized spacial score (nSPS) is 13.1. The van der Waals surface area contributed by atoms with Gasteiger partial charge in [-0.25, -0.2) is 0 Å². The molecule has 148 valence electrons. The van der Waals surface area contributed by atoms with Gasteiger partial charge in [0.1, 0.15) is 5.58 Å². The molecule has 29 heavy (non-hydrogen) atoms.